The minimum absolute atomic E-state index is 0.0364. The number of hydrogen-bond donors (Lipinski definition) is 0. The summed E-state index contributed by atoms with van der Waals surface area (Å²) in [4.78, 5) is 13.2. The second kappa shape index (κ2) is 4.98. The van der Waals surface area contributed by atoms with E-state index in [1.54, 1.807) is 32.9 Å². The highest BCUT2D eigenvalue weighted by Gasteiger charge is 2.35. The van der Waals surface area contributed by atoms with Gasteiger partial charge in [0.15, 0.2) is 5.78 Å². The predicted octanol–water partition coefficient (Wildman–Crippen LogP) is 4.40. The van der Waals surface area contributed by atoms with Crippen LogP contribution in [0.2, 0.25) is 0 Å². The van der Waals surface area contributed by atoms with Gasteiger partial charge in [-0.15, -0.1) is 11.3 Å². The summed E-state index contributed by atoms with van der Waals surface area (Å²) < 4.78 is 39.1. The van der Waals surface area contributed by atoms with Gasteiger partial charge in [-0.05, 0) is 18.2 Å². The van der Waals surface area contributed by atoms with E-state index in [-0.39, 0.29) is 11.5 Å². The van der Waals surface area contributed by atoms with Gasteiger partial charge in [-0.3, -0.25) is 9.48 Å². The van der Waals surface area contributed by atoms with Gasteiger partial charge in [0.05, 0.1) is 9.75 Å². The SMILES string of the molecule is Cn1nc(-c2ccc(C(=O)C(C)(C)C)s2)cc1C(F)(F)F. The number of carbonyl (C=O) groups excluding carboxylic acids is 1. The summed E-state index contributed by atoms with van der Waals surface area (Å²) in [5.41, 5.74) is -1.11. The van der Waals surface area contributed by atoms with Gasteiger partial charge in [-0.2, -0.15) is 18.3 Å². The van der Waals surface area contributed by atoms with E-state index >= 15 is 0 Å². The third-order valence-electron chi connectivity index (χ3n) is 2.93. The molecule has 2 heterocycles. The minimum Gasteiger partial charge on any atom is -0.293 e. The van der Waals surface area contributed by atoms with Gasteiger partial charge in [0, 0.05) is 12.5 Å². The summed E-state index contributed by atoms with van der Waals surface area (Å²) in [5, 5.41) is 3.88. The average molecular weight is 316 g/mol. The fourth-order valence-electron chi connectivity index (χ4n) is 1.82. The number of aryl methyl sites for hydroxylation is 1. The summed E-state index contributed by atoms with van der Waals surface area (Å²) in [6.45, 7) is 5.41. The zero-order valence-electron chi connectivity index (χ0n) is 12.1. The Morgan fingerprint density at radius 1 is 1.24 bits per heavy atom. The van der Waals surface area contributed by atoms with Crippen LogP contribution in [0.3, 0.4) is 0 Å². The van der Waals surface area contributed by atoms with E-state index in [9.17, 15) is 18.0 Å². The zero-order chi connectivity index (χ0) is 16.0. The normalized spacial score (nSPS) is 12.7. The highest BCUT2D eigenvalue weighted by Crippen LogP contribution is 2.35. The number of hydrogen-bond acceptors (Lipinski definition) is 3. The molecule has 0 saturated heterocycles. The Balaban J connectivity index is 2.37. The van der Waals surface area contributed by atoms with Crippen LogP contribution in [0.5, 0.6) is 0 Å². The van der Waals surface area contributed by atoms with E-state index in [0.717, 1.165) is 22.1 Å². The summed E-state index contributed by atoms with van der Waals surface area (Å²) in [6.07, 6.45) is -4.44. The van der Waals surface area contributed by atoms with E-state index in [1.165, 1.54) is 7.05 Å². The molecule has 0 aliphatic rings. The van der Waals surface area contributed by atoms with Crippen molar-refractivity contribution in [3.05, 3.63) is 28.8 Å². The Morgan fingerprint density at radius 3 is 2.33 bits per heavy atom. The first-order valence-electron chi connectivity index (χ1n) is 6.26. The number of halogens is 3. The van der Waals surface area contributed by atoms with Crippen LogP contribution in [0.1, 0.15) is 36.1 Å². The van der Waals surface area contributed by atoms with Crippen molar-refractivity contribution in [2.45, 2.75) is 26.9 Å². The quantitative estimate of drug-likeness (QED) is 0.770. The van der Waals surface area contributed by atoms with E-state index in [2.05, 4.69) is 5.10 Å². The molecular weight excluding hydrogens is 301 g/mol. The number of ketones is 1. The molecule has 2 aromatic rings. The molecule has 3 nitrogen and oxygen atoms in total. The number of aromatic nitrogens is 2. The second-order valence-electron chi connectivity index (χ2n) is 5.78. The molecular formula is C14H15F3N2OS. The molecule has 114 valence electrons. The molecule has 0 bridgehead atoms. The molecule has 0 aliphatic carbocycles. The lowest BCUT2D eigenvalue weighted by atomic mass is 9.90. The molecule has 0 aromatic carbocycles. The zero-order valence-corrected chi connectivity index (χ0v) is 12.9. The van der Waals surface area contributed by atoms with Crippen molar-refractivity contribution < 1.29 is 18.0 Å². The summed E-state index contributed by atoms with van der Waals surface area (Å²) in [7, 11) is 1.25. The Hall–Kier alpha value is -1.63. The van der Waals surface area contributed by atoms with Crippen LogP contribution in [0.25, 0.3) is 10.6 Å². The first-order chi connectivity index (χ1) is 9.50. The molecule has 0 spiro atoms. The van der Waals surface area contributed by atoms with Crippen LogP contribution in [0.4, 0.5) is 13.2 Å². The Morgan fingerprint density at radius 2 is 1.86 bits per heavy atom. The summed E-state index contributed by atoms with van der Waals surface area (Å²) >= 11 is 1.16. The maximum absolute atomic E-state index is 12.8. The number of thiophene rings is 1. The van der Waals surface area contributed by atoms with Gasteiger partial charge >= 0.3 is 6.18 Å². The van der Waals surface area contributed by atoms with Crippen molar-refractivity contribution in [2.24, 2.45) is 12.5 Å². The molecule has 0 saturated carbocycles. The molecule has 2 rings (SSSR count). The van der Waals surface area contributed by atoms with Crippen LogP contribution < -0.4 is 0 Å². The first kappa shape index (κ1) is 15.8. The van der Waals surface area contributed by atoms with Crippen molar-refractivity contribution in [3.8, 4) is 10.6 Å². The lowest BCUT2D eigenvalue weighted by Gasteiger charge is -2.14. The van der Waals surface area contributed by atoms with Gasteiger partial charge in [0.1, 0.15) is 11.4 Å². The molecule has 0 atom stereocenters. The predicted molar refractivity (Wildman–Crippen MR) is 75.3 cm³/mol. The van der Waals surface area contributed by atoms with Crippen LogP contribution in [-0.2, 0) is 13.2 Å². The number of carbonyl (C=O) groups is 1. The second-order valence-corrected chi connectivity index (χ2v) is 6.86. The third-order valence-corrected chi connectivity index (χ3v) is 4.04. The van der Waals surface area contributed by atoms with Crippen molar-refractivity contribution >= 4 is 17.1 Å². The Labute approximate surface area is 124 Å². The molecule has 0 amide bonds. The molecule has 2 aromatic heterocycles. The van der Waals surface area contributed by atoms with Crippen molar-refractivity contribution in [3.63, 3.8) is 0 Å². The monoisotopic (exact) mass is 316 g/mol. The van der Waals surface area contributed by atoms with Crippen LogP contribution in [0.15, 0.2) is 18.2 Å². The molecule has 0 fully saturated rings. The van der Waals surface area contributed by atoms with Crippen molar-refractivity contribution in [1.82, 2.24) is 9.78 Å². The fraction of sp³-hybridized carbons (Fsp3) is 0.429. The molecule has 21 heavy (non-hydrogen) atoms. The average Bonchev–Trinajstić information content (AvgIpc) is 2.91. The van der Waals surface area contributed by atoms with Gasteiger partial charge in [0.25, 0.3) is 0 Å². The van der Waals surface area contributed by atoms with E-state index in [1.807, 2.05) is 0 Å². The molecule has 0 aliphatic heterocycles. The lowest BCUT2D eigenvalue weighted by molar-refractivity contribution is -0.143. The Kier molecular flexibility index (Phi) is 3.73. The number of alkyl halides is 3. The maximum Gasteiger partial charge on any atom is 0.433 e. The fourth-order valence-corrected chi connectivity index (χ4v) is 2.93. The Bertz CT molecular complexity index is 677. The third kappa shape index (κ3) is 3.18. The minimum atomic E-state index is -4.44. The van der Waals surface area contributed by atoms with Gasteiger partial charge in [-0.1, -0.05) is 20.8 Å². The van der Waals surface area contributed by atoms with Crippen molar-refractivity contribution in [2.75, 3.05) is 0 Å². The van der Waals surface area contributed by atoms with Crippen LogP contribution >= 0.6 is 11.3 Å². The van der Waals surface area contributed by atoms with Gasteiger partial charge in [0.2, 0.25) is 0 Å². The first-order valence-corrected chi connectivity index (χ1v) is 7.08. The van der Waals surface area contributed by atoms with Gasteiger partial charge < -0.3 is 0 Å². The number of nitrogens with zero attached hydrogens (tertiary/aromatic N) is 2. The van der Waals surface area contributed by atoms with Crippen LogP contribution in [-0.4, -0.2) is 15.6 Å². The topological polar surface area (TPSA) is 34.9 Å². The van der Waals surface area contributed by atoms with E-state index < -0.39 is 17.3 Å². The molecule has 0 radical (unpaired) electrons. The molecule has 0 N–H and O–H groups in total. The highest BCUT2D eigenvalue weighted by atomic mass is 32.1. The standard InChI is InChI=1S/C14H15F3N2OS/c1-13(2,3)12(20)10-6-5-9(21-10)8-7-11(14(15,16)17)19(4)18-8/h5-7H,1-4H3. The number of rotatable bonds is 2. The van der Waals surface area contributed by atoms with Crippen LogP contribution in [0, 0.1) is 5.41 Å². The maximum atomic E-state index is 12.8. The largest absolute Gasteiger partial charge is 0.433 e. The molecule has 7 heteroatoms. The van der Waals surface area contributed by atoms with E-state index in [0.29, 0.717) is 9.75 Å². The summed E-state index contributed by atoms with van der Waals surface area (Å²) in [6, 6.07) is 4.26. The smallest absolute Gasteiger partial charge is 0.293 e. The number of Topliss-reactive ketones (excluding diaryl/α,β-unsaturated/α-hetero) is 1. The van der Waals surface area contributed by atoms with Crippen molar-refractivity contribution in [1.29, 1.82) is 0 Å². The lowest BCUT2D eigenvalue weighted by Crippen LogP contribution is -2.18. The summed E-state index contributed by atoms with van der Waals surface area (Å²) in [5.74, 6) is -0.0364. The molecule has 0 unspecified atom stereocenters. The van der Waals surface area contributed by atoms with E-state index in [4.69, 9.17) is 0 Å². The van der Waals surface area contributed by atoms with Gasteiger partial charge in [-0.25, -0.2) is 0 Å². The highest BCUT2D eigenvalue weighted by molar-refractivity contribution is 7.17.